The lowest BCUT2D eigenvalue weighted by Crippen LogP contribution is -2.51. The number of nitrogens with one attached hydrogen (secondary N) is 2. The van der Waals surface area contributed by atoms with Gasteiger partial charge in [-0.1, -0.05) is 0 Å². The Bertz CT molecular complexity index is 427. The van der Waals surface area contributed by atoms with Crippen molar-refractivity contribution in [2.75, 3.05) is 66.2 Å². The van der Waals surface area contributed by atoms with E-state index in [9.17, 15) is 0 Å². The molecule has 0 aromatic heterocycles. The van der Waals surface area contributed by atoms with Crippen LogP contribution in [0.2, 0.25) is 0 Å². The quantitative estimate of drug-likeness (QED) is 0.354. The Morgan fingerprint density at radius 2 is 2.07 bits per heavy atom. The van der Waals surface area contributed by atoms with E-state index in [4.69, 9.17) is 14.5 Å². The summed E-state index contributed by atoms with van der Waals surface area (Å²) < 4.78 is 10.7. The number of morpholine rings is 1. The minimum Gasteiger partial charge on any atom is -0.385 e. The molecule has 27 heavy (non-hydrogen) atoms. The summed E-state index contributed by atoms with van der Waals surface area (Å²) in [6.45, 7) is 15.3. The first-order valence-corrected chi connectivity index (χ1v) is 10.7. The molecule has 0 aromatic rings. The molecule has 2 heterocycles. The lowest BCUT2D eigenvalue weighted by molar-refractivity contribution is -0.0165. The summed E-state index contributed by atoms with van der Waals surface area (Å²) in [6.07, 6.45) is 3.47. The number of piperidine rings is 1. The van der Waals surface area contributed by atoms with Gasteiger partial charge in [-0.25, -0.2) is 0 Å². The van der Waals surface area contributed by atoms with Crippen molar-refractivity contribution in [1.82, 2.24) is 20.4 Å². The number of nitrogens with zero attached hydrogens (tertiary/aromatic N) is 3. The van der Waals surface area contributed by atoms with E-state index in [1.165, 1.54) is 12.8 Å². The Balaban J connectivity index is 1.76. The third kappa shape index (κ3) is 7.94. The molecule has 0 saturated carbocycles. The predicted octanol–water partition coefficient (Wildman–Crippen LogP) is 1.15. The second kappa shape index (κ2) is 12.5. The van der Waals surface area contributed by atoms with E-state index in [0.29, 0.717) is 18.1 Å². The Hall–Kier alpha value is -0.890. The summed E-state index contributed by atoms with van der Waals surface area (Å²) in [7, 11) is 1.78. The summed E-state index contributed by atoms with van der Waals surface area (Å²) in [6, 6.07) is 1.42. The van der Waals surface area contributed by atoms with Gasteiger partial charge in [-0.05, 0) is 40.0 Å². The first kappa shape index (κ1) is 22.4. The highest BCUT2D eigenvalue weighted by molar-refractivity contribution is 5.80. The van der Waals surface area contributed by atoms with Crippen LogP contribution in [0.5, 0.6) is 0 Å². The van der Waals surface area contributed by atoms with Crippen LogP contribution in [0.3, 0.4) is 0 Å². The first-order chi connectivity index (χ1) is 13.1. The molecule has 2 saturated heterocycles. The number of rotatable bonds is 9. The number of likely N-dealkylation sites (tertiary alicyclic amines) is 1. The highest BCUT2D eigenvalue weighted by Crippen LogP contribution is 2.12. The van der Waals surface area contributed by atoms with Gasteiger partial charge in [0.15, 0.2) is 5.96 Å². The van der Waals surface area contributed by atoms with E-state index in [-0.39, 0.29) is 0 Å². The molecule has 2 fully saturated rings. The van der Waals surface area contributed by atoms with Crippen LogP contribution in [0.15, 0.2) is 4.99 Å². The molecule has 2 unspecified atom stereocenters. The summed E-state index contributed by atoms with van der Waals surface area (Å²) >= 11 is 0. The molecular weight excluding hydrogens is 342 g/mol. The summed E-state index contributed by atoms with van der Waals surface area (Å²) in [4.78, 5) is 9.93. The van der Waals surface area contributed by atoms with Crippen LogP contribution < -0.4 is 10.6 Å². The Morgan fingerprint density at radius 3 is 2.74 bits per heavy atom. The highest BCUT2D eigenvalue weighted by atomic mass is 16.5. The van der Waals surface area contributed by atoms with E-state index in [0.717, 1.165) is 71.5 Å². The molecule has 2 aliphatic rings. The van der Waals surface area contributed by atoms with Gasteiger partial charge in [0.1, 0.15) is 0 Å². The number of hydrogen-bond acceptors (Lipinski definition) is 5. The predicted molar refractivity (Wildman–Crippen MR) is 112 cm³/mol. The molecule has 2 rings (SSSR count). The van der Waals surface area contributed by atoms with Crippen molar-refractivity contribution in [1.29, 1.82) is 0 Å². The fourth-order valence-electron chi connectivity index (χ4n) is 3.97. The zero-order valence-corrected chi connectivity index (χ0v) is 17.9. The van der Waals surface area contributed by atoms with Gasteiger partial charge in [0.05, 0.1) is 19.8 Å². The molecule has 0 aromatic carbocycles. The normalized spacial score (nSPS) is 24.7. The Morgan fingerprint density at radius 1 is 1.30 bits per heavy atom. The Labute approximate surface area is 165 Å². The molecule has 2 aliphatic heterocycles. The topological polar surface area (TPSA) is 61.4 Å². The molecule has 0 amide bonds. The number of ether oxygens (including phenoxy) is 2. The number of aliphatic imine (C=N–C) groups is 1. The third-order valence-corrected chi connectivity index (χ3v) is 5.59. The van der Waals surface area contributed by atoms with Gasteiger partial charge in [-0.2, -0.15) is 0 Å². The van der Waals surface area contributed by atoms with Crippen LogP contribution >= 0.6 is 0 Å². The largest absolute Gasteiger partial charge is 0.385 e. The Kier molecular flexibility index (Phi) is 10.4. The molecule has 0 radical (unpaired) electrons. The summed E-state index contributed by atoms with van der Waals surface area (Å²) in [5, 5.41) is 7.08. The molecule has 0 bridgehead atoms. The van der Waals surface area contributed by atoms with E-state index in [2.05, 4.69) is 41.2 Å². The van der Waals surface area contributed by atoms with Crippen molar-refractivity contribution < 1.29 is 9.47 Å². The number of hydrogen-bond donors (Lipinski definition) is 2. The molecule has 0 spiro atoms. The summed E-state index contributed by atoms with van der Waals surface area (Å²) in [5.74, 6) is 0.961. The zero-order chi connectivity index (χ0) is 19.5. The summed E-state index contributed by atoms with van der Waals surface area (Å²) in [5.41, 5.74) is 0. The van der Waals surface area contributed by atoms with Crippen molar-refractivity contribution in [2.45, 2.75) is 58.2 Å². The number of methoxy groups -OCH3 is 1. The smallest absolute Gasteiger partial charge is 0.191 e. The van der Waals surface area contributed by atoms with Crippen molar-refractivity contribution in [2.24, 2.45) is 4.99 Å². The lowest BCUT2D eigenvalue weighted by atomic mass is 10.1. The maximum absolute atomic E-state index is 5.55. The van der Waals surface area contributed by atoms with Gasteiger partial charge in [-0.3, -0.25) is 9.89 Å². The van der Waals surface area contributed by atoms with Crippen LogP contribution in [-0.4, -0.2) is 100 Å². The zero-order valence-electron chi connectivity index (χ0n) is 17.9. The van der Waals surface area contributed by atoms with E-state index < -0.39 is 0 Å². The van der Waals surface area contributed by atoms with Crippen molar-refractivity contribution in [3.8, 4) is 0 Å². The first-order valence-electron chi connectivity index (χ1n) is 10.7. The monoisotopic (exact) mass is 383 g/mol. The molecule has 7 nitrogen and oxygen atoms in total. The lowest BCUT2D eigenvalue weighted by Gasteiger charge is -2.37. The SMILES string of the molecule is CCNC(=NCC(C)N1CCOCC1C)NC1CCN(CCCOC)CC1. The molecule has 158 valence electrons. The molecule has 2 N–H and O–H groups in total. The van der Waals surface area contributed by atoms with Crippen molar-refractivity contribution >= 4 is 5.96 Å². The maximum atomic E-state index is 5.55. The standard InChI is InChI=1S/C20H41N5O2/c1-5-21-20(22-15-17(2)25-12-14-27-16-18(25)3)23-19-7-10-24(11-8-19)9-6-13-26-4/h17-19H,5-16H2,1-4H3,(H2,21,22,23). The molecule has 7 heteroatoms. The molecular formula is C20H41N5O2. The second-order valence-electron chi connectivity index (χ2n) is 7.84. The molecule has 0 aliphatic carbocycles. The maximum Gasteiger partial charge on any atom is 0.191 e. The van der Waals surface area contributed by atoms with Gasteiger partial charge >= 0.3 is 0 Å². The van der Waals surface area contributed by atoms with Gasteiger partial charge in [-0.15, -0.1) is 0 Å². The van der Waals surface area contributed by atoms with Crippen LogP contribution in [0.25, 0.3) is 0 Å². The van der Waals surface area contributed by atoms with Crippen molar-refractivity contribution in [3.63, 3.8) is 0 Å². The van der Waals surface area contributed by atoms with Crippen LogP contribution in [0, 0.1) is 0 Å². The molecule has 2 atom stereocenters. The third-order valence-electron chi connectivity index (χ3n) is 5.59. The average molecular weight is 384 g/mol. The van der Waals surface area contributed by atoms with Gasteiger partial charge in [0.25, 0.3) is 0 Å². The average Bonchev–Trinajstić information content (AvgIpc) is 2.68. The van der Waals surface area contributed by atoms with Gasteiger partial charge in [0, 0.05) is 64.6 Å². The minimum atomic E-state index is 0.432. The van der Waals surface area contributed by atoms with Gasteiger partial charge in [0.2, 0.25) is 0 Å². The fourth-order valence-corrected chi connectivity index (χ4v) is 3.97. The number of guanidine groups is 1. The van der Waals surface area contributed by atoms with Crippen molar-refractivity contribution in [3.05, 3.63) is 0 Å². The van der Waals surface area contributed by atoms with Gasteiger partial charge < -0.3 is 25.0 Å². The minimum absolute atomic E-state index is 0.432. The van der Waals surface area contributed by atoms with Crippen LogP contribution in [0.4, 0.5) is 0 Å². The second-order valence-corrected chi connectivity index (χ2v) is 7.84. The van der Waals surface area contributed by atoms with Crippen LogP contribution in [0.1, 0.15) is 40.0 Å². The van der Waals surface area contributed by atoms with Crippen LogP contribution in [-0.2, 0) is 9.47 Å². The van der Waals surface area contributed by atoms with E-state index in [1.54, 1.807) is 7.11 Å². The fraction of sp³-hybridized carbons (Fsp3) is 0.950. The van der Waals surface area contributed by atoms with E-state index in [1.807, 2.05) is 0 Å². The highest BCUT2D eigenvalue weighted by Gasteiger charge is 2.24. The van der Waals surface area contributed by atoms with E-state index >= 15 is 0 Å².